The highest BCUT2D eigenvalue weighted by molar-refractivity contribution is 5.65. The van der Waals surface area contributed by atoms with E-state index in [0.29, 0.717) is 6.04 Å². The minimum atomic E-state index is 0.377. The summed E-state index contributed by atoms with van der Waals surface area (Å²) in [6.07, 6.45) is 2.02. The largest absolute Gasteiger partial charge is 0.394 e. The number of aryl methyl sites for hydroxylation is 2. The second-order valence-corrected chi connectivity index (χ2v) is 3.88. The van der Waals surface area contributed by atoms with Gasteiger partial charge in [0.1, 0.15) is 5.82 Å². The second kappa shape index (κ2) is 4.35. The molecule has 4 nitrogen and oxygen atoms in total. The van der Waals surface area contributed by atoms with E-state index in [1.165, 1.54) is 0 Å². The van der Waals surface area contributed by atoms with Crippen molar-refractivity contribution in [1.82, 2.24) is 9.78 Å². The van der Waals surface area contributed by atoms with E-state index in [1.807, 2.05) is 11.7 Å². The van der Waals surface area contributed by atoms with Gasteiger partial charge in [0.2, 0.25) is 0 Å². The Hall–Kier alpha value is -1.19. The topological polar surface area (TPSA) is 55.9 Å². The van der Waals surface area contributed by atoms with Crippen LogP contribution in [0.25, 0.3) is 0 Å². The van der Waals surface area contributed by atoms with E-state index in [0.717, 1.165) is 30.0 Å². The molecule has 80 valence electrons. The molecule has 0 atom stereocenters. The average Bonchev–Trinajstić information content (AvgIpc) is 2.33. The highest BCUT2D eigenvalue weighted by atomic mass is 15.3. The number of anilines is 2. The molecule has 0 amide bonds. The number of nitrogens with zero attached hydrogens (tertiary/aromatic N) is 2. The third kappa shape index (κ3) is 2.19. The van der Waals surface area contributed by atoms with Gasteiger partial charge in [0, 0.05) is 13.1 Å². The highest BCUT2D eigenvalue weighted by Crippen LogP contribution is 2.23. The van der Waals surface area contributed by atoms with Crippen LogP contribution in [0, 0.1) is 0 Å². The number of aromatic nitrogens is 2. The lowest BCUT2D eigenvalue weighted by molar-refractivity contribution is 0.727. The summed E-state index contributed by atoms with van der Waals surface area (Å²) < 4.78 is 1.82. The Labute approximate surface area is 85.5 Å². The Kier molecular flexibility index (Phi) is 3.38. The molecule has 14 heavy (non-hydrogen) atoms. The fraction of sp³-hybridized carbons (Fsp3) is 0.700. The maximum atomic E-state index is 5.99. The minimum absolute atomic E-state index is 0.377. The van der Waals surface area contributed by atoms with Crippen LogP contribution in [-0.2, 0) is 13.5 Å². The van der Waals surface area contributed by atoms with Crippen LogP contribution in [0.3, 0.4) is 0 Å². The predicted molar refractivity (Wildman–Crippen MR) is 60.4 cm³/mol. The van der Waals surface area contributed by atoms with Crippen molar-refractivity contribution in [2.45, 2.75) is 39.7 Å². The van der Waals surface area contributed by atoms with Gasteiger partial charge < -0.3 is 11.1 Å². The molecule has 0 unspecified atom stereocenters. The molecule has 0 bridgehead atoms. The number of hydrogen-bond acceptors (Lipinski definition) is 3. The smallest absolute Gasteiger partial charge is 0.147 e. The number of nitrogen functional groups attached to an aromatic ring is 1. The van der Waals surface area contributed by atoms with E-state index >= 15 is 0 Å². The third-order valence-corrected chi connectivity index (χ3v) is 2.07. The lowest BCUT2D eigenvalue weighted by Gasteiger charge is -2.10. The second-order valence-electron chi connectivity index (χ2n) is 3.88. The van der Waals surface area contributed by atoms with Crippen molar-refractivity contribution < 1.29 is 0 Å². The Morgan fingerprint density at radius 2 is 2.14 bits per heavy atom. The molecule has 0 saturated heterocycles. The monoisotopic (exact) mass is 196 g/mol. The van der Waals surface area contributed by atoms with Gasteiger partial charge in [0.25, 0.3) is 0 Å². The molecule has 0 aromatic carbocycles. The van der Waals surface area contributed by atoms with Crippen LogP contribution in [0.1, 0.15) is 32.9 Å². The van der Waals surface area contributed by atoms with Crippen molar-refractivity contribution in [3.05, 3.63) is 5.69 Å². The molecule has 0 fully saturated rings. The fourth-order valence-electron chi connectivity index (χ4n) is 1.46. The highest BCUT2D eigenvalue weighted by Gasteiger charge is 2.12. The molecule has 4 heteroatoms. The van der Waals surface area contributed by atoms with Gasteiger partial charge in [-0.05, 0) is 20.3 Å². The van der Waals surface area contributed by atoms with E-state index in [-0.39, 0.29) is 0 Å². The van der Waals surface area contributed by atoms with E-state index in [2.05, 4.69) is 31.2 Å². The van der Waals surface area contributed by atoms with Crippen LogP contribution in [-0.4, -0.2) is 15.8 Å². The average molecular weight is 196 g/mol. The van der Waals surface area contributed by atoms with Crippen molar-refractivity contribution in [3.63, 3.8) is 0 Å². The lowest BCUT2D eigenvalue weighted by atomic mass is 10.2. The number of nitrogens with two attached hydrogens (primary N) is 1. The molecular formula is C10H20N4. The van der Waals surface area contributed by atoms with E-state index in [4.69, 9.17) is 5.73 Å². The fourth-order valence-corrected chi connectivity index (χ4v) is 1.46. The zero-order valence-electron chi connectivity index (χ0n) is 9.46. The molecule has 0 spiro atoms. The number of rotatable bonds is 4. The first-order valence-corrected chi connectivity index (χ1v) is 5.14. The SMILES string of the molecule is CCCc1nn(C)c(NC(C)C)c1N. The van der Waals surface area contributed by atoms with Gasteiger partial charge in [0.05, 0.1) is 11.4 Å². The standard InChI is InChI=1S/C10H20N4/c1-5-6-8-9(11)10(12-7(2)3)14(4)13-8/h7,12H,5-6,11H2,1-4H3. The Morgan fingerprint density at radius 1 is 1.50 bits per heavy atom. The van der Waals surface area contributed by atoms with Crippen LogP contribution in [0.2, 0.25) is 0 Å². The van der Waals surface area contributed by atoms with Gasteiger partial charge in [-0.2, -0.15) is 5.10 Å². The maximum Gasteiger partial charge on any atom is 0.147 e. The van der Waals surface area contributed by atoms with E-state index < -0.39 is 0 Å². The number of hydrogen-bond donors (Lipinski definition) is 2. The maximum absolute atomic E-state index is 5.99. The first kappa shape index (κ1) is 10.9. The van der Waals surface area contributed by atoms with Gasteiger partial charge in [-0.15, -0.1) is 0 Å². The predicted octanol–water partition coefficient (Wildman–Crippen LogP) is 1.78. The van der Waals surface area contributed by atoms with Gasteiger partial charge in [-0.3, -0.25) is 4.68 Å². The van der Waals surface area contributed by atoms with Crippen LogP contribution < -0.4 is 11.1 Å². The zero-order chi connectivity index (χ0) is 10.7. The van der Waals surface area contributed by atoms with E-state index in [9.17, 15) is 0 Å². The molecule has 1 aromatic heterocycles. The molecule has 0 aliphatic carbocycles. The normalized spacial score (nSPS) is 10.9. The summed E-state index contributed by atoms with van der Waals surface area (Å²) in [6, 6.07) is 0.377. The first-order chi connectivity index (χ1) is 6.56. The quantitative estimate of drug-likeness (QED) is 0.771. The van der Waals surface area contributed by atoms with Gasteiger partial charge in [0.15, 0.2) is 0 Å². The molecule has 0 aliphatic rings. The minimum Gasteiger partial charge on any atom is -0.394 e. The molecule has 0 saturated carbocycles. The molecule has 1 aromatic rings. The summed E-state index contributed by atoms with van der Waals surface area (Å²) in [5, 5.41) is 7.68. The lowest BCUT2D eigenvalue weighted by Crippen LogP contribution is -2.14. The molecule has 3 N–H and O–H groups in total. The third-order valence-electron chi connectivity index (χ3n) is 2.07. The van der Waals surface area contributed by atoms with Crippen LogP contribution in [0.4, 0.5) is 11.5 Å². The van der Waals surface area contributed by atoms with Gasteiger partial charge in [-0.25, -0.2) is 0 Å². The molecule has 1 rings (SSSR count). The van der Waals surface area contributed by atoms with Crippen molar-refractivity contribution in [1.29, 1.82) is 0 Å². The van der Waals surface area contributed by atoms with E-state index in [1.54, 1.807) is 0 Å². The van der Waals surface area contributed by atoms with Crippen LogP contribution in [0.5, 0.6) is 0 Å². The molecule has 0 radical (unpaired) electrons. The number of nitrogens with one attached hydrogen (secondary N) is 1. The zero-order valence-corrected chi connectivity index (χ0v) is 9.46. The Bertz CT molecular complexity index is 301. The van der Waals surface area contributed by atoms with Gasteiger partial charge >= 0.3 is 0 Å². The summed E-state index contributed by atoms with van der Waals surface area (Å²) in [5.41, 5.74) is 7.79. The summed E-state index contributed by atoms with van der Waals surface area (Å²) in [7, 11) is 1.92. The van der Waals surface area contributed by atoms with Crippen molar-refractivity contribution in [3.8, 4) is 0 Å². The Morgan fingerprint density at radius 3 is 2.64 bits per heavy atom. The van der Waals surface area contributed by atoms with Crippen molar-refractivity contribution in [2.75, 3.05) is 11.1 Å². The van der Waals surface area contributed by atoms with Gasteiger partial charge in [-0.1, -0.05) is 13.3 Å². The summed E-state index contributed by atoms with van der Waals surface area (Å²) in [6.45, 7) is 6.31. The van der Waals surface area contributed by atoms with Crippen LogP contribution >= 0.6 is 0 Å². The molecular weight excluding hydrogens is 176 g/mol. The molecule has 0 aliphatic heterocycles. The van der Waals surface area contributed by atoms with Crippen molar-refractivity contribution in [2.24, 2.45) is 7.05 Å². The summed E-state index contributed by atoms with van der Waals surface area (Å²) >= 11 is 0. The van der Waals surface area contributed by atoms with Crippen molar-refractivity contribution >= 4 is 11.5 Å². The summed E-state index contributed by atoms with van der Waals surface area (Å²) in [5.74, 6) is 0.934. The first-order valence-electron chi connectivity index (χ1n) is 5.14. The molecule has 1 heterocycles. The Balaban J connectivity index is 2.92. The van der Waals surface area contributed by atoms with Crippen LogP contribution in [0.15, 0.2) is 0 Å². The summed E-state index contributed by atoms with van der Waals surface area (Å²) in [4.78, 5) is 0.